The number of aromatic nitrogens is 2. The maximum absolute atomic E-state index is 13.6. The molecule has 0 aliphatic heterocycles. The lowest BCUT2D eigenvalue weighted by Gasteiger charge is -1.94. The first-order chi connectivity index (χ1) is 7.27. The molecule has 0 bridgehead atoms. The zero-order valence-corrected chi connectivity index (χ0v) is 7.79. The Kier molecular flexibility index (Phi) is 1.48. The molecular formula is C11H8FN3. The minimum absolute atomic E-state index is 0.246. The van der Waals surface area contributed by atoms with Gasteiger partial charge >= 0.3 is 0 Å². The van der Waals surface area contributed by atoms with Crippen LogP contribution in [0.1, 0.15) is 0 Å². The SMILES string of the molecule is Nc1nccc2c1[nH]c1cccc(F)c12. The molecule has 0 saturated heterocycles. The lowest BCUT2D eigenvalue weighted by Crippen LogP contribution is -1.89. The number of fused-ring (bicyclic) bond motifs is 3. The molecule has 3 N–H and O–H groups in total. The second-order valence-electron chi connectivity index (χ2n) is 3.41. The van der Waals surface area contributed by atoms with E-state index in [-0.39, 0.29) is 5.82 Å². The molecule has 3 rings (SSSR count). The van der Waals surface area contributed by atoms with Crippen molar-refractivity contribution in [3.63, 3.8) is 0 Å². The highest BCUT2D eigenvalue weighted by molar-refractivity contribution is 6.10. The molecule has 0 aliphatic rings. The third-order valence-corrected chi connectivity index (χ3v) is 2.52. The maximum Gasteiger partial charge on any atom is 0.147 e. The van der Waals surface area contributed by atoms with Gasteiger partial charge in [-0.3, -0.25) is 0 Å². The highest BCUT2D eigenvalue weighted by Gasteiger charge is 2.09. The topological polar surface area (TPSA) is 54.7 Å². The summed E-state index contributed by atoms with van der Waals surface area (Å²) < 4.78 is 13.6. The molecule has 2 aromatic heterocycles. The number of aromatic amines is 1. The Hall–Kier alpha value is -2.10. The number of pyridine rings is 1. The molecule has 0 spiro atoms. The van der Waals surface area contributed by atoms with Gasteiger partial charge in [-0.2, -0.15) is 0 Å². The van der Waals surface area contributed by atoms with Crippen molar-refractivity contribution in [2.45, 2.75) is 0 Å². The van der Waals surface area contributed by atoms with E-state index in [1.54, 1.807) is 18.3 Å². The lowest BCUT2D eigenvalue weighted by atomic mass is 10.2. The summed E-state index contributed by atoms with van der Waals surface area (Å²) in [6.07, 6.45) is 1.58. The van der Waals surface area contributed by atoms with Gasteiger partial charge in [0.15, 0.2) is 0 Å². The van der Waals surface area contributed by atoms with E-state index in [1.807, 2.05) is 6.07 Å². The summed E-state index contributed by atoms with van der Waals surface area (Å²) in [7, 11) is 0. The van der Waals surface area contributed by atoms with Crippen molar-refractivity contribution >= 4 is 27.6 Å². The van der Waals surface area contributed by atoms with Crippen molar-refractivity contribution < 1.29 is 4.39 Å². The van der Waals surface area contributed by atoms with E-state index in [1.165, 1.54) is 6.07 Å². The van der Waals surface area contributed by atoms with Crippen molar-refractivity contribution in [2.24, 2.45) is 0 Å². The van der Waals surface area contributed by atoms with Gasteiger partial charge in [-0.15, -0.1) is 0 Å². The molecule has 3 aromatic rings. The van der Waals surface area contributed by atoms with Gasteiger partial charge in [0.05, 0.1) is 5.52 Å². The summed E-state index contributed by atoms with van der Waals surface area (Å²) >= 11 is 0. The molecule has 4 heteroatoms. The number of H-pyrrole nitrogens is 1. The number of rotatable bonds is 0. The third kappa shape index (κ3) is 1.01. The van der Waals surface area contributed by atoms with Gasteiger partial charge in [-0.05, 0) is 18.2 Å². The van der Waals surface area contributed by atoms with Crippen molar-refractivity contribution in [2.75, 3.05) is 5.73 Å². The number of benzene rings is 1. The van der Waals surface area contributed by atoms with Crippen LogP contribution >= 0.6 is 0 Å². The third-order valence-electron chi connectivity index (χ3n) is 2.52. The highest BCUT2D eigenvalue weighted by Crippen LogP contribution is 2.29. The van der Waals surface area contributed by atoms with E-state index in [2.05, 4.69) is 9.97 Å². The Morgan fingerprint density at radius 1 is 1.27 bits per heavy atom. The van der Waals surface area contributed by atoms with Gasteiger partial charge in [0, 0.05) is 22.5 Å². The Morgan fingerprint density at radius 2 is 2.13 bits per heavy atom. The van der Waals surface area contributed by atoms with Gasteiger partial charge in [-0.1, -0.05) is 6.07 Å². The van der Waals surface area contributed by atoms with Crippen LogP contribution < -0.4 is 5.73 Å². The van der Waals surface area contributed by atoms with Crippen LogP contribution in [0.5, 0.6) is 0 Å². The van der Waals surface area contributed by atoms with Crippen molar-refractivity contribution in [3.05, 3.63) is 36.3 Å². The van der Waals surface area contributed by atoms with Crippen LogP contribution in [-0.2, 0) is 0 Å². The summed E-state index contributed by atoms with van der Waals surface area (Å²) in [5.74, 6) is 0.146. The molecule has 0 atom stereocenters. The average Bonchev–Trinajstić information content (AvgIpc) is 2.59. The monoisotopic (exact) mass is 201 g/mol. The first-order valence-electron chi connectivity index (χ1n) is 4.58. The first-order valence-corrected chi connectivity index (χ1v) is 4.58. The molecular weight excluding hydrogens is 193 g/mol. The van der Waals surface area contributed by atoms with Crippen LogP contribution in [0.4, 0.5) is 10.2 Å². The van der Waals surface area contributed by atoms with Crippen molar-refractivity contribution in [1.82, 2.24) is 9.97 Å². The smallest absolute Gasteiger partial charge is 0.147 e. The largest absolute Gasteiger partial charge is 0.382 e. The molecule has 15 heavy (non-hydrogen) atoms. The standard InChI is InChI=1S/C11H8FN3/c12-7-2-1-3-8-9(7)6-4-5-14-11(13)10(6)15-8/h1-5,15H,(H2,13,14). The fourth-order valence-electron chi connectivity index (χ4n) is 1.85. The molecule has 74 valence electrons. The first kappa shape index (κ1) is 8.23. The summed E-state index contributed by atoms with van der Waals surface area (Å²) in [6, 6.07) is 6.67. The van der Waals surface area contributed by atoms with Crippen LogP contribution in [0.2, 0.25) is 0 Å². The fraction of sp³-hybridized carbons (Fsp3) is 0. The zero-order valence-electron chi connectivity index (χ0n) is 7.79. The number of anilines is 1. The lowest BCUT2D eigenvalue weighted by molar-refractivity contribution is 0.640. The van der Waals surface area contributed by atoms with Crippen LogP contribution in [-0.4, -0.2) is 9.97 Å². The van der Waals surface area contributed by atoms with E-state index in [0.717, 1.165) is 10.9 Å². The van der Waals surface area contributed by atoms with Gasteiger partial charge < -0.3 is 10.7 Å². The van der Waals surface area contributed by atoms with E-state index in [0.29, 0.717) is 16.7 Å². The van der Waals surface area contributed by atoms with E-state index < -0.39 is 0 Å². The molecule has 0 saturated carbocycles. The number of nitrogen functional groups attached to an aromatic ring is 1. The van der Waals surface area contributed by atoms with Gasteiger partial charge in [0.1, 0.15) is 11.6 Å². The predicted molar refractivity (Wildman–Crippen MR) is 58.0 cm³/mol. The molecule has 0 radical (unpaired) electrons. The van der Waals surface area contributed by atoms with Crippen LogP contribution in [0.25, 0.3) is 21.8 Å². The normalized spacial score (nSPS) is 11.3. The summed E-state index contributed by atoms with van der Waals surface area (Å²) in [4.78, 5) is 7.02. The second-order valence-corrected chi connectivity index (χ2v) is 3.41. The second kappa shape index (κ2) is 2.70. The highest BCUT2D eigenvalue weighted by atomic mass is 19.1. The quantitative estimate of drug-likeness (QED) is 0.587. The molecule has 0 unspecified atom stereocenters. The Morgan fingerprint density at radius 3 is 3.00 bits per heavy atom. The molecule has 0 fully saturated rings. The predicted octanol–water partition coefficient (Wildman–Crippen LogP) is 2.44. The zero-order chi connectivity index (χ0) is 10.4. The maximum atomic E-state index is 13.6. The van der Waals surface area contributed by atoms with Crippen LogP contribution in [0.3, 0.4) is 0 Å². The number of nitrogens with zero attached hydrogens (tertiary/aromatic N) is 1. The average molecular weight is 201 g/mol. The molecule has 2 heterocycles. The summed E-state index contributed by atoms with van der Waals surface area (Å²) in [6.45, 7) is 0. The number of nitrogens with two attached hydrogens (primary N) is 1. The molecule has 1 aromatic carbocycles. The van der Waals surface area contributed by atoms with Crippen LogP contribution in [0.15, 0.2) is 30.5 Å². The Bertz CT molecular complexity index is 657. The van der Waals surface area contributed by atoms with E-state index in [4.69, 9.17) is 5.73 Å². The van der Waals surface area contributed by atoms with Gasteiger partial charge in [-0.25, -0.2) is 9.37 Å². The Balaban J connectivity index is 2.65. The molecule has 0 amide bonds. The minimum Gasteiger partial charge on any atom is -0.382 e. The van der Waals surface area contributed by atoms with Crippen molar-refractivity contribution in [1.29, 1.82) is 0 Å². The molecule has 3 nitrogen and oxygen atoms in total. The molecule has 0 aliphatic carbocycles. The Labute approximate surface area is 84.7 Å². The summed E-state index contributed by atoms with van der Waals surface area (Å²) in [5, 5.41) is 1.34. The minimum atomic E-state index is -0.246. The summed E-state index contributed by atoms with van der Waals surface area (Å²) in [5.41, 5.74) is 7.14. The number of hydrogen-bond donors (Lipinski definition) is 2. The number of nitrogens with one attached hydrogen (secondary N) is 1. The fourth-order valence-corrected chi connectivity index (χ4v) is 1.85. The van der Waals surface area contributed by atoms with Gasteiger partial charge in [0.25, 0.3) is 0 Å². The van der Waals surface area contributed by atoms with E-state index in [9.17, 15) is 4.39 Å². The van der Waals surface area contributed by atoms with Crippen molar-refractivity contribution in [3.8, 4) is 0 Å². The van der Waals surface area contributed by atoms with Gasteiger partial charge in [0.2, 0.25) is 0 Å². The number of hydrogen-bond acceptors (Lipinski definition) is 2. The van der Waals surface area contributed by atoms with Crippen LogP contribution in [0, 0.1) is 5.82 Å². The van der Waals surface area contributed by atoms with E-state index >= 15 is 0 Å². The number of halogens is 1.